The van der Waals surface area contributed by atoms with Gasteiger partial charge in [-0.3, -0.25) is 4.79 Å². The first-order chi connectivity index (χ1) is 12.3. The Labute approximate surface area is 160 Å². The average Bonchev–Trinajstić information content (AvgIpc) is 2.62. The van der Waals surface area contributed by atoms with E-state index in [0.717, 1.165) is 12.8 Å². The maximum absolute atomic E-state index is 13.0. The number of piperazine rings is 1. The average molecular weight is 400 g/mol. The SMILES string of the molecule is CC1CCN(C(=O)c2ccc(Cl)c(S(=O)(=O)N3CCN(C)CC3)c2)CC1. The van der Waals surface area contributed by atoms with Crippen molar-refractivity contribution in [3.05, 3.63) is 28.8 Å². The maximum Gasteiger partial charge on any atom is 0.253 e. The Hall–Kier alpha value is -1.15. The van der Waals surface area contributed by atoms with Crippen molar-refractivity contribution in [1.82, 2.24) is 14.1 Å². The maximum atomic E-state index is 13.0. The summed E-state index contributed by atoms with van der Waals surface area (Å²) >= 11 is 6.20. The number of carbonyl (C=O) groups is 1. The second-order valence-corrected chi connectivity index (χ2v) is 9.64. The third-order valence-electron chi connectivity index (χ3n) is 5.33. The van der Waals surface area contributed by atoms with Crippen LogP contribution >= 0.6 is 11.6 Å². The van der Waals surface area contributed by atoms with Crippen LogP contribution in [0.2, 0.25) is 5.02 Å². The molecular formula is C18H26ClN3O3S. The molecule has 144 valence electrons. The van der Waals surface area contributed by atoms with Gasteiger partial charge < -0.3 is 9.80 Å². The number of halogens is 1. The topological polar surface area (TPSA) is 60.9 Å². The lowest BCUT2D eigenvalue weighted by atomic mass is 9.98. The number of amides is 1. The Morgan fingerprint density at radius 1 is 1.08 bits per heavy atom. The number of benzene rings is 1. The van der Waals surface area contributed by atoms with Crippen molar-refractivity contribution in [3.63, 3.8) is 0 Å². The molecule has 0 bridgehead atoms. The molecule has 1 aromatic carbocycles. The summed E-state index contributed by atoms with van der Waals surface area (Å²) in [6, 6.07) is 4.58. The van der Waals surface area contributed by atoms with E-state index in [4.69, 9.17) is 11.6 Å². The Bertz CT molecular complexity index is 768. The van der Waals surface area contributed by atoms with E-state index in [2.05, 4.69) is 11.8 Å². The Morgan fingerprint density at radius 2 is 1.69 bits per heavy atom. The first-order valence-corrected chi connectivity index (χ1v) is 10.9. The minimum absolute atomic E-state index is 0.0277. The zero-order valence-corrected chi connectivity index (χ0v) is 16.9. The smallest absolute Gasteiger partial charge is 0.253 e. The Morgan fingerprint density at radius 3 is 2.31 bits per heavy atom. The van der Waals surface area contributed by atoms with E-state index in [0.29, 0.717) is 50.7 Å². The monoisotopic (exact) mass is 399 g/mol. The fraction of sp³-hybridized carbons (Fsp3) is 0.611. The highest BCUT2D eigenvalue weighted by atomic mass is 35.5. The number of hydrogen-bond acceptors (Lipinski definition) is 4. The second-order valence-electron chi connectivity index (χ2n) is 7.33. The van der Waals surface area contributed by atoms with Crippen LogP contribution in [0.15, 0.2) is 23.1 Å². The van der Waals surface area contributed by atoms with Crippen LogP contribution in [0.4, 0.5) is 0 Å². The number of likely N-dealkylation sites (N-methyl/N-ethyl adjacent to an activating group) is 1. The van der Waals surface area contributed by atoms with E-state index >= 15 is 0 Å². The van der Waals surface area contributed by atoms with Crippen LogP contribution in [0.5, 0.6) is 0 Å². The van der Waals surface area contributed by atoms with Crippen LogP contribution in [0.3, 0.4) is 0 Å². The molecule has 0 saturated carbocycles. The largest absolute Gasteiger partial charge is 0.339 e. The molecule has 0 aliphatic carbocycles. The molecule has 0 spiro atoms. The molecule has 6 nitrogen and oxygen atoms in total. The van der Waals surface area contributed by atoms with Crippen molar-refractivity contribution in [3.8, 4) is 0 Å². The summed E-state index contributed by atoms with van der Waals surface area (Å²) < 4.78 is 27.5. The van der Waals surface area contributed by atoms with Crippen LogP contribution < -0.4 is 0 Å². The minimum atomic E-state index is -3.71. The standard InChI is InChI=1S/C18H26ClN3O3S/c1-14-5-7-21(8-6-14)18(23)15-3-4-16(19)17(13-15)26(24,25)22-11-9-20(2)10-12-22/h3-4,13-14H,5-12H2,1-2H3. The van der Waals surface area contributed by atoms with E-state index in [9.17, 15) is 13.2 Å². The molecule has 1 aromatic rings. The van der Waals surface area contributed by atoms with Gasteiger partial charge in [-0.2, -0.15) is 4.31 Å². The highest BCUT2D eigenvalue weighted by Crippen LogP contribution is 2.28. The summed E-state index contributed by atoms with van der Waals surface area (Å²) in [6.07, 6.45) is 1.96. The minimum Gasteiger partial charge on any atom is -0.339 e. The summed E-state index contributed by atoms with van der Waals surface area (Å²) in [6.45, 7) is 5.83. The Balaban J connectivity index is 1.84. The van der Waals surface area contributed by atoms with Crippen LogP contribution in [0, 0.1) is 5.92 Å². The van der Waals surface area contributed by atoms with Gasteiger partial charge in [-0.25, -0.2) is 8.42 Å². The van der Waals surface area contributed by atoms with Gasteiger partial charge in [0, 0.05) is 44.8 Å². The normalized spacial score (nSPS) is 21.1. The van der Waals surface area contributed by atoms with E-state index in [-0.39, 0.29) is 15.8 Å². The molecule has 2 fully saturated rings. The van der Waals surface area contributed by atoms with Gasteiger partial charge in [0.05, 0.1) is 5.02 Å². The molecule has 2 aliphatic rings. The van der Waals surface area contributed by atoms with Gasteiger partial charge in [0.25, 0.3) is 5.91 Å². The molecule has 2 heterocycles. The summed E-state index contributed by atoms with van der Waals surface area (Å²) in [5.74, 6) is 0.501. The van der Waals surface area contributed by atoms with Gasteiger partial charge in [0.1, 0.15) is 4.90 Å². The molecule has 1 amide bonds. The number of likely N-dealkylation sites (tertiary alicyclic amines) is 1. The van der Waals surface area contributed by atoms with Gasteiger partial charge in [0.2, 0.25) is 10.0 Å². The first kappa shape index (κ1) is 19.6. The van der Waals surface area contributed by atoms with Crippen molar-refractivity contribution in [1.29, 1.82) is 0 Å². The third kappa shape index (κ3) is 4.06. The molecule has 0 atom stereocenters. The molecule has 2 aliphatic heterocycles. The summed E-state index contributed by atoms with van der Waals surface area (Å²) in [7, 11) is -1.74. The molecule has 8 heteroatoms. The molecule has 0 aromatic heterocycles. The molecule has 0 radical (unpaired) electrons. The number of hydrogen-bond donors (Lipinski definition) is 0. The van der Waals surface area contributed by atoms with Gasteiger partial charge in [-0.15, -0.1) is 0 Å². The number of sulfonamides is 1. The number of carbonyl (C=O) groups excluding carboxylic acids is 1. The van der Waals surface area contributed by atoms with Crippen molar-refractivity contribution < 1.29 is 13.2 Å². The van der Waals surface area contributed by atoms with Crippen molar-refractivity contribution in [2.75, 3.05) is 46.3 Å². The second kappa shape index (κ2) is 7.84. The quantitative estimate of drug-likeness (QED) is 0.781. The lowest BCUT2D eigenvalue weighted by Crippen LogP contribution is -2.47. The first-order valence-electron chi connectivity index (χ1n) is 9.06. The fourth-order valence-electron chi connectivity index (χ4n) is 3.40. The third-order valence-corrected chi connectivity index (χ3v) is 7.71. The van der Waals surface area contributed by atoms with E-state index in [1.807, 2.05) is 7.05 Å². The van der Waals surface area contributed by atoms with Gasteiger partial charge in [0.15, 0.2) is 0 Å². The zero-order valence-electron chi connectivity index (χ0n) is 15.3. The van der Waals surface area contributed by atoms with Crippen LogP contribution in [0.25, 0.3) is 0 Å². The summed E-state index contributed by atoms with van der Waals surface area (Å²) in [5, 5.41) is 0.160. The van der Waals surface area contributed by atoms with Gasteiger partial charge in [-0.1, -0.05) is 18.5 Å². The predicted molar refractivity (Wildman–Crippen MR) is 102 cm³/mol. The summed E-state index contributed by atoms with van der Waals surface area (Å²) in [4.78, 5) is 16.7. The highest BCUT2D eigenvalue weighted by molar-refractivity contribution is 7.89. The zero-order chi connectivity index (χ0) is 18.9. The molecule has 26 heavy (non-hydrogen) atoms. The molecule has 0 N–H and O–H groups in total. The van der Waals surface area contributed by atoms with Gasteiger partial charge >= 0.3 is 0 Å². The fourth-order valence-corrected chi connectivity index (χ4v) is 5.32. The lowest BCUT2D eigenvalue weighted by Gasteiger charge is -2.32. The van der Waals surface area contributed by atoms with E-state index in [1.54, 1.807) is 11.0 Å². The van der Waals surface area contributed by atoms with Crippen molar-refractivity contribution in [2.45, 2.75) is 24.7 Å². The van der Waals surface area contributed by atoms with E-state index in [1.165, 1.54) is 16.4 Å². The van der Waals surface area contributed by atoms with Gasteiger partial charge in [-0.05, 0) is 44.0 Å². The van der Waals surface area contributed by atoms with E-state index < -0.39 is 10.0 Å². The molecule has 2 saturated heterocycles. The molecular weight excluding hydrogens is 374 g/mol. The Kier molecular flexibility index (Phi) is 5.91. The lowest BCUT2D eigenvalue weighted by molar-refractivity contribution is 0.0697. The molecule has 3 rings (SSSR count). The number of rotatable bonds is 3. The van der Waals surface area contributed by atoms with Crippen molar-refractivity contribution >= 4 is 27.5 Å². The predicted octanol–water partition coefficient (Wildman–Crippen LogP) is 2.15. The van der Waals surface area contributed by atoms with Crippen LogP contribution in [0.1, 0.15) is 30.1 Å². The van der Waals surface area contributed by atoms with Crippen LogP contribution in [-0.4, -0.2) is 74.7 Å². The number of nitrogens with zero attached hydrogens (tertiary/aromatic N) is 3. The van der Waals surface area contributed by atoms with Crippen molar-refractivity contribution in [2.24, 2.45) is 5.92 Å². The number of piperidine rings is 1. The van der Waals surface area contributed by atoms with Crippen LogP contribution in [-0.2, 0) is 10.0 Å². The summed E-state index contributed by atoms with van der Waals surface area (Å²) in [5.41, 5.74) is 0.386. The molecule has 0 unspecified atom stereocenters. The highest BCUT2D eigenvalue weighted by Gasteiger charge is 2.30.